The third-order valence-corrected chi connectivity index (χ3v) is 8.10. The number of sulfonamides is 1. The van der Waals surface area contributed by atoms with E-state index in [-0.39, 0.29) is 24.9 Å². The number of para-hydroxylation sites is 2. The first-order chi connectivity index (χ1) is 13.0. The van der Waals surface area contributed by atoms with Crippen molar-refractivity contribution in [1.29, 1.82) is 0 Å². The van der Waals surface area contributed by atoms with Gasteiger partial charge in [-0.15, -0.1) is 11.3 Å². The molecule has 0 radical (unpaired) electrons. The Bertz CT molecular complexity index is 972. The van der Waals surface area contributed by atoms with Crippen LogP contribution < -0.4 is 10.2 Å². The molecule has 2 aliphatic heterocycles. The number of nitrogens with one attached hydrogen (secondary N) is 1. The van der Waals surface area contributed by atoms with Gasteiger partial charge in [-0.25, -0.2) is 8.42 Å². The van der Waals surface area contributed by atoms with Gasteiger partial charge in [0.2, 0.25) is 11.8 Å². The van der Waals surface area contributed by atoms with Crippen molar-refractivity contribution in [3.8, 4) is 0 Å². The molecule has 1 fully saturated rings. The standard InChI is InChI=1S/C18H19N3O4S2/c22-16-12-21(15-7-2-1-6-14(15)19-16)18(23)13-5-3-9-20(11-13)27(24,25)17-8-4-10-26-17/h1-2,4,6-8,10,13H,3,5,9,11-12H2,(H,19,22)/t13-/m0/s1. The zero-order chi connectivity index (χ0) is 19.0. The summed E-state index contributed by atoms with van der Waals surface area (Å²) in [5, 5.41) is 4.49. The highest BCUT2D eigenvalue weighted by atomic mass is 32.2. The second-order valence-electron chi connectivity index (χ2n) is 6.62. The van der Waals surface area contributed by atoms with Gasteiger partial charge in [0.25, 0.3) is 10.0 Å². The van der Waals surface area contributed by atoms with E-state index < -0.39 is 15.9 Å². The number of fused-ring (bicyclic) bond motifs is 1. The van der Waals surface area contributed by atoms with Gasteiger partial charge in [0.15, 0.2) is 0 Å². The Morgan fingerprint density at radius 1 is 1.19 bits per heavy atom. The average molecular weight is 406 g/mol. The zero-order valence-electron chi connectivity index (χ0n) is 14.5. The van der Waals surface area contributed by atoms with Crippen molar-refractivity contribution in [2.24, 2.45) is 5.92 Å². The Kier molecular flexibility index (Phi) is 4.75. The number of thiophene rings is 1. The molecule has 0 saturated carbocycles. The van der Waals surface area contributed by atoms with Crippen LogP contribution in [0.1, 0.15) is 12.8 Å². The largest absolute Gasteiger partial charge is 0.323 e. The molecule has 0 spiro atoms. The second kappa shape index (κ2) is 7.06. The summed E-state index contributed by atoms with van der Waals surface area (Å²) in [7, 11) is -3.59. The normalized spacial score (nSPS) is 20.8. The van der Waals surface area contributed by atoms with E-state index in [0.29, 0.717) is 35.0 Å². The highest BCUT2D eigenvalue weighted by Gasteiger charge is 2.37. The van der Waals surface area contributed by atoms with Crippen LogP contribution in [0, 0.1) is 5.92 Å². The van der Waals surface area contributed by atoms with Crippen LogP contribution in [-0.2, 0) is 19.6 Å². The van der Waals surface area contributed by atoms with Crippen LogP contribution in [0.5, 0.6) is 0 Å². The Morgan fingerprint density at radius 3 is 2.78 bits per heavy atom. The number of rotatable bonds is 3. The van der Waals surface area contributed by atoms with Crippen LogP contribution >= 0.6 is 11.3 Å². The van der Waals surface area contributed by atoms with Crippen LogP contribution in [0.25, 0.3) is 0 Å². The van der Waals surface area contributed by atoms with Gasteiger partial charge in [0.05, 0.1) is 17.3 Å². The Morgan fingerprint density at radius 2 is 2.00 bits per heavy atom. The lowest BCUT2D eigenvalue weighted by atomic mass is 9.97. The van der Waals surface area contributed by atoms with E-state index in [0.717, 1.165) is 0 Å². The zero-order valence-corrected chi connectivity index (χ0v) is 16.1. The number of amides is 2. The summed E-state index contributed by atoms with van der Waals surface area (Å²) in [6.45, 7) is 0.491. The van der Waals surface area contributed by atoms with E-state index in [4.69, 9.17) is 0 Å². The molecule has 2 aromatic rings. The molecule has 7 nitrogen and oxygen atoms in total. The maximum atomic E-state index is 13.1. The summed E-state index contributed by atoms with van der Waals surface area (Å²) in [4.78, 5) is 26.6. The molecular formula is C18H19N3O4S2. The fourth-order valence-corrected chi connectivity index (χ4v) is 6.22. The van der Waals surface area contributed by atoms with Crippen molar-refractivity contribution in [2.75, 3.05) is 29.9 Å². The highest BCUT2D eigenvalue weighted by Crippen LogP contribution is 2.32. The summed E-state index contributed by atoms with van der Waals surface area (Å²) in [6, 6.07) is 10.4. The van der Waals surface area contributed by atoms with Gasteiger partial charge >= 0.3 is 0 Å². The van der Waals surface area contributed by atoms with Gasteiger partial charge in [0, 0.05) is 13.1 Å². The van der Waals surface area contributed by atoms with E-state index in [1.165, 1.54) is 20.5 Å². The molecule has 9 heteroatoms. The van der Waals surface area contributed by atoms with E-state index >= 15 is 0 Å². The van der Waals surface area contributed by atoms with Gasteiger partial charge in [0.1, 0.15) is 10.8 Å². The summed E-state index contributed by atoms with van der Waals surface area (Å²) < 4.78 is 27.3. The lowest BCUT2D eigenvalue weighted by Gasteiger charge is -2.36. The molecule has 0 unspecified atom stereocenters. The fourth-order valence-electron chi connectivity index (χ4n) is 3.55. The predicted octanol–water partition coefficient (Wildman–Crippen LogP) is 2.13. The first-order valence-corrected chi connectivity index (χ1v) is 11.0. The molecule has 3 heterocycles. The SMILES string of the molecule is O=C1CN(C(=O)[C@H]2CCCN(S(=O)(=O)c3cccs3)C2)c2ccccc2N1. The molecular weight excluding hydrogens is 386 g/mol. The first kappa shape index (κ1) is 18.1. The van der Waals surface area contributed by atoms with Crippen LogP contribution in [0.3, 0.4) is 0 Å². The van der Waals surface area contributed by atoms with Gasteiger partial charge < -0.3 is 10.2 Å². The van der Waals surface area contributed by atoms with E-state index in [2.05, 4.69) is 5.32 Å². The topological polar surface area (TPSA) is 86.8 Å². The van der Waals surface area contributed by atoms with Crippen LogP contribution in [0.4, 0.5) is 11.4 Å². The van der Waals surface area contributed by atoms with Crippen LogP contribution in [-0.4, -0.2) is 44.2 Å². The van der Waals surface area contributed by atoms with E-state index in [9.17, 15) is 18.0 Å². The molecule has 142 valence electrons. The summed E-state index contributed by atoms with van der Waals surface area (Å²) in [5.41, 5.74) is 1.25. The van der Waals surface area contributed by atoms with Gasteiger partial charge in [-0.3, -0.25) is 9.59 Å². The first-order valence-electron chi connectivity index (χ1n) is 8.71. The molecule has 1 aromatic carbocycles. The maximum absolute atomic E-state index is 13.1. The van der Waals surface area contributed by atoms with Crippen LogP contribution in [0.15, 0.2) is 46.0 Å². The maximum Gasteiger partial charge on any atom is 0.252 e. The highest BCUT2D eigenvalue weighted by molar-refractivity contribution is 7.91. The summed E-state index contributed by atoms with van der Waals surface area (Å²) in [6.07, 6.45) is 1.22. The van der Waals surface area contributed by atoms with E-state index in [1.807, 2.05) is 6.07 Å². The second-order valence-corrected chi connectivity index (χ2v) is 9.74. The van der Waals surface area contributed by atoms with Gasteiger partial charge in [-0.05, 0) is 36.4 Å². The van der Waals surface area contributed by atoms with Crippen molar-refractivity contribution in [1.82, 2.24) is 4.31 Å². The molecule has 2 aliphatic rings. The smallest absolute Gasteiger partial charge is 0.252 e. The molecule has 1 atom stereocenters. The number of piperidine rings is 1. The minimum absolute atomic E-state index is 0.0516. The molecule has 1 aromatic heterocycles. The monoisotopic (exact) mass is 405 g/mol. The summed E-state index contributed by atoms with van der Waals surface area (Å²) >= 11 is 1.17. The molecule has 27 heavy (non-hydrogen) atoms. The minimum atomic E-state index is -3.59. The molecule has 1 N–H and O–H groups in total. The molecule has 2 amide bonds. The number of hydrogen-bond acceptors (Lipinski definition) is 5. The van der Waals surface area contributed by atoms with Crippen molar-refractivity contribution in [2.45, 2.75) is 17.1 Å². The minimum Gasteiger partial charge on any atom is -0.323 e. The van der Waals surface area contributed by atoms with Crippen molar-refractivity contribution >= 4 is 44.5 Å². The Balaban J connectivity index is 1.57. The number of anilines is 2. The van der Waals surface area contributed by atoms with Crippen LogP contribution in [0.2, 0.25) is 0 Å². The van der Waals surface area contributed by atoms with Crippen molar-refractivity contribution < 1.29 is 18.0 Å². The number of hydrogen-bond donors (Lipinski definition) is 1. The average Bonchev–Trinajstić information content (AvgIpc) is 3.22. The molecule has 4 rings (SSSR count). The number of nitrogens with zero attached hydrogens (tertiary/aromatic N) is 2. The Labute approximate surface area is 161 Å². The number of carbonyl (C=O) groups is 2. The molecule has 0 aliphatic carbocycles. The molecule has 0 bridgehead atoms. The quantitative estimate of drug-likeness (QED) is 0.848. The number of carbonyl (C=O) groups excluding carboxylic acids is 2. The lowest BCUT2D eigenvalue weighted by Crippen LogP contribution is -2.50. The summed E-state index contributed by atoms with van der Waals surface area (Å²) in [5.74, 6) is -0.920. The third-order valence-electron chi connectivity index (χ3n) is 4.86. The fraction of sp³-hybridized carbons (Fsp3) is 0.333. The van der Waals surface area contributed by atoms with Crippen molar-refractivity contribution in [3.63, 3.8) is 0 Å². The Hall–Kier alpha value is -2.23. The lowest BCUT2D eigenvalue weighted by molar-refractivity contribution is -0.125. The van der Waals surface area contributed by atoms with E-state index in [1.54, 1.807) is 35.7 Å². The predicted molar refractivity (Wildman–Crippen MR) is 103 cm³/mol. The molecule has 1 saturated heterocycles. The van der Waals surface area contributed by atoms with Gasteiger partial charge in [-0.2, -0.15) is 4.31 Å². The van der Waals surface area contributed by atoms with Crippen molar-refractivity contribution in [3.05, 3.63) is 41.8 Å². The third kappa shape index (κ3) is 3.38. The number of benzene rings is 1. The van der Waals surface area contributed by atoms with Gasteiger partial charge in [-0.1, -0.05) is 18.2 Å².